The van der Waals surface area contributed by atoms with E-state index in [0.29, 0.717) is 5.56 Å². The van der Waals surface area contributed by atoms with Crippen LogP contribution in [0.5, 0.6) is 5.75 Å². The van der Waals surface area contributed by atoms with E-state index in [1.54, 1.807) is 13.8 Å². The molecule has 0 fully saturated rings. The molecule has 0 aromatic heterocycles. The number of nitro benzene ring substituents is 1. The Hall–Kier alpha value is -3.10. The number of nitrogens with zero attached hydrogens (tertiary/aromatic N) is 1. The Morgan fingerprint density at radius 3 is 2.36 bits per heavy atom. The fraction of sp³-hybridized carbons (Fsp3) is 0.316. The van der Waals surface area contributed by atoms with Crippen LogP contribution in [-0.2, 0) is 11.6 Å². The molecule has 0 aliphatic carbocycles. The number of nitrogens with one attached hydrogen (secondary N) is 1. The summed E-state index contributed by atoms with van der Waals surface area (Å²) in [5.74, 6) is -0.446. The van der Waals surface area contributed by atoms with Crippen LogP contribution in [0.1, 0.15) is 35.3 Å². The zero-order chi connectivity index (χ0) is 21.1. The molecule has 0 heterocycles. The van der Waals surface area contributed by atoms with E-state index in [1.807, 2.05) is 0 Å². The molecule has 0 saturated carbocycles. The lowest BCUT2D eigenvalue weighted by molar-refractivity contribution is -0.385. The van der Waals surface area contributed by atoms with Crippen molar-refractivity contribution < 1.29 is 27.6 Å². The molecule has 0 aliphatic rings. The Balaban J connectivity index is 2.23. The summed E-state index contributed by atoms with van der Waals surface area (Å²) in [5, 5.41) is 13.7. The molecule has 2 rings (SSSR count). The first kappa shape index (κ1) is 21.2. The lowest BCUT2D eigenvalue weighted by atomic mass is 9.83. The molecule has 1 amide bonds. The summed E-state index contributed by atoms with van der Waals surface area (Å²) in [6.07, 6.45) is -4.48. The van der Waals surface area contributed by atoms with Crippen LogP contribution in [0.25, 0.3) is 0 Å². The van der Waals surface area contributed by atoms with Gasteiger partial charge in [-0.2, -0.15) is 13.2 Å². The molecule has 28 heavy (non-hydrogen) atoms. The van der Waals surface area contributed by atoms with Gasteiger partial charge in [-0.25, -0.2) is 0 Å². The fourth-order valence-corrected chi connectivity index (χ4v) is 2.60. The molecule has 0 atom stereocenters. The standard InChI is InChI=1S/C19H19F3N2O4/c1-18(2,12-5-4-6-13(9-12)19(20,21)22)11-23-17(25)15-10-14(28-3)7-8-16(15)24(26)27/h4-10H,11H2,1-3H3,(H,23,25). The summed E-state index contributed by atoms with van der Waals surface area (Å²) >= 11 is 0. The van der Waals surface area contributed by atoms with E-state index in [2.05, 4.69) is 5.32 Å². The van der Waals surface area contributed by atoms with E-state index in [0.717, 1.165) is 18.2 Å². The lowest BCUT2D eigenvalue weighted by Gasteiger charge is -2.26. The van der Waals surface area contributed by atoms with Crippen molar-refractivity contribution in [2.45, 2.75) is 25.4 Å². The minimum Gasteiger partial charge on any atom is -0.497 e. The molecule has 150 valence electrons. The summed E-state index contributed by atoms with van der Waals surface area (Å²) < 4.78 is 43.8. The van der Waals surface area contributed by atoms with E-state index < -0.39 is 33.7 Å². The minimum atomic E-state index is -4.48. The molecule has 6 nitrogen and oxygen atoms in total. The van der Waals surface area contributed by atoms with Gasteiger partial charge >= 0.3 is 6.18 Å². The number of methoxy groups -OCH3 is 1. The SMILES string of the molecule is COc1ccc([N+](=O)[O-])c(C(=O)NCC(C)(C)c2cccc(C(F)(F)F)c2)c1. The largest absolute Gasteiger partial charge is 0.497 e. The molecule has 0 aliphatic heterocycles. The number of alkyl halides is 3. The maximum absolute atomic E-state index is 12.9. The highest BCUT2D eigenvalue weighted by atomic mass is 19.4. The van der Waals surface area contributed by atoms with Crippen molar-refractivity contribution in [2.75, 3.05) is 13.7 Å². The van der Waals surface area contributed by atoms with E-state index >= 15 is 0 Å². The van der Waals surface area contributed by atoms with Gasteiger partial charge in [-0.15, -0.1) is 0 Å². The number of nitro groups is 1. The first-order valence-corrected chi connectivity index (χ1v) is 8.24. The van der Waals surface area contributed by atoms with Gasteiger partial charge in [-0.3, -0.25) is 14.9 Å². The molecular weight excluding hydrogens is 377 g/mol. The normalized spacial score (nSPS) is 11.8. The maximum atomic E-state index is 12.9. The number of amides is 1. The van der Waals surface area contributed by atoms with Gasteiger partial charge in [0.05, 0.1) is 17.6 Å². The highest BCUT2D eigenvalue weighted by molar-refractivity contribution is 5.98. The number of hydrogen-bond donors (Lipinski definition) is 1. The maximum Gasteiger partial charge on any atom is 0.416 e. The molecular formula is C19H19F3N2O4. The van der Waals surface area contributed by atoms with Gasteiger partial charge in [0.25, 0.3) is 11.6 Å². The number of rotatable bonds is 6. The van der Waals surface area contributed by atoms with Crippen LogP contribution in [0.3, 0.4) is 0 Å². The first-order chi connectivity index (χ1) is 13.0. The second kappa shape index (κ2) is 7.87. The smallest absolute Gasteiger partial charge is 0.416 e. The lowest BCUT2D eigenvalue weighted by Crippen LogP contribution is -2.37. The Morgan fingerprint density at radius 1 is 1.14 bits per heavy atom. The third-order valence-electron chi connectivity index (χ3n) is 4.31. The van der Waals surface area contributed by atoms with Crippen molar-refractivity contribution in [1.29, 1.82) is 0 Å². The van der Waals surface area contributed by atoms with Gasteiger partial charge in [0.2, 0.25) is 0 Å². The van der Waals surface area contributed by atoms with Crippen molar-refractivity contribution in [2.24, 2.45) is 0 Å². The summed E-state index contributed by atoms with van der Waals surface area (Å²) in [6.45, 7) is 3.31. The zero-order valence-corrected chi connectivity index (χ0v) is 15.5. The predicted octanol–water partition coefficient (Wildman–Crippen LogP) is 4.33. The van der Waals surface area contributed by atoms with Crippen LogP contribution in [0, 0.1) is 10.1 Å². The molecule has 0 saturated heterocycles. The van der Waals surface area contributed by atoms with Crippen LogP contribution in [0.4, 0.5) is 18.9 Å². The van der Waals surface area contributed by atoms with Crippen LogP contribution in [0.2, 0.25) is 0 Å². The van der Waals surface area contributed by atoms with Crippen molar-refractivity contribution in [3.8, 4) is 5.75 Å². The summed E-state index contributed by atoms with van der Waals surface area (Å²) in [6, 6.07) is 8.60. The number of carbonyl (C=O) groups is 1. The molecule has 2 aromatic rings. The number of halogens is 3. The number of carbonyl (C=O) groups excluding carboxylic acids is 1. The number of benzene rings is 2. The van der Waals surface area contributed by atoms with Gasteiger partial charge in [0.1, 0.15) is 11.3 Å². The molecule has 0 bridgehead atoms. The summed E-state index contributed by atoms with van der Waals surface area (Å²) in [7, 11) is 1.36. The Morgan fingerprint density at radius 2 is 1.79 bits per heavy atom. The highest BCUT2D eigenvalue weighted by Gasteiger charge is 2.32. The number of hydrogen-bond acceptors (Lipinski definition) is 4. The van der Waals surface area contributed by atoms with Crippen LogP contribution >= 0.6 is 0 Å². The Labute approximate surface area is 159 Å². The van der Waals surface area contributed by atoms with E-state index in [-0.39, 0.29) is 17.9 Å². The van der Waals surface area contributed by atoms with E-state index in [1.165, 1.54) is 31.4 Å². The van der Waals surface area contributed by atoms with Gasteiger partial charge in [0, 0.05) is 18.0 Å². The molecule has 9 heteroatoms. The minimum absolute atomic E-state index is 0.0263. The van der Waals surface area contributed by atoms with Crippen LogP contribution < -0.4 is 10.1 Å². The van der Waals surface area contributed by atoms with E-state index in [9.17, 15) is 28.1 Å². The quantitative estimate of drug-likeness (QED) is 0.582. The summed E-state index contributed by atoms with van der Waals surface area (Å²) in [4.78, 5) is 23.0. The highest BCUT2D eigenvalue weighted by Crippen LogP contribution is 2.32. The average Bonchev–Trinajstić information content (AvgIpc) is 2.65. The van der Waals surface area contributed by atoms with Crippen molar-refractivity contribution in [3.63, 3.8) is 0 Å². The fourth-order valence-electron chi connectivity index (χ4n) is 2.60. The number of ether oxygens (including phenoxy) is 1. The van der Waals surface area contributed by atoms with Gasteiger partial charge < -0.3 is 10.1 Å². The molecule has 1 N–H and O–H groups in total. The van der Waals surface area contributed by atoms with Crippen molar-refractivity contribution in [1.82, 2.24) is 5.32 Å². The van der Waals surface area contributed by atoms with Gasteiger partial charge in [0.15, 0.2) is 0 Å². The van der Waals surface area contributed by atoms with E-state index in [4.69, 9.17) is 4.74 Å². The second-order valence-electron chi connectivity index (χ2n) is 6.79. The Kier molecular flexibility index (Phi) is 5.96. The third-order valence-corrected chi connectivity index (χ3v) is 4.31. The van der Waals surface area contributed by atoms with Crippen molar-refractivity contribution >= 4 is 11.6 Å². The summed E-state index contributed by atoms with van der Waals surface area (Å²) in [5.41, 5.74) is -1.83. The van der Waals surface area contributed by atoms with Crippen LogP contribution in [0.15, 0.2) is 42.5 Å². The molecule has 2 aromatic carbocycles. The van der Waals surface area contributed by atoms with Gasteiger partial charge in [-0.1, -0.05) is 32.0 Å². The second-order valence-corrected chi connectivity index (χ2v) is 6.79. The molecule has 0 unspecified atom stereocenters. The first-order valence-electron chi connectivity index (χ1n) is 8.24. The van der Waals surface area contributed by atoms with Gasteiger partial charge in [-0.05, 0) is 23.8 Å². The van der Waals surface area contributed by atoms with Crippen molar-refractivity contribution in [3.05, 3.63) is 69.3 Å². The average molecular weight is 396 g/mol. The predicted molar refractivity (Wildman–Crippen MR) is 96.5 cm³/mol. The monoisotopic (exact) mass is 396 g/mol. The van der Waals surface area contributed by atoms with Crippen LogP contribution in [-0.4, -0.2) is 24.5 Å². The zero-order valence-electron chi connectivity index (χ0n) is 15.5. The Bertz CT molecular complexity index is 895. The molecule has 0 spiro atoms. The molecule has 0 radical (unpaired) electrons. The topological polar surface area (TPSA) is 81.5 Å². The third kappa shape index (κ3) is 4.79.